The van der Waals surface area contributed by atoms with Crippen molar-refractivity contribution in [2.75, 3.05) is 7.11 Å². The normalized spacial score (nSPS) is 15.5. The number of hydrogen-bond donors (Lipinski definition) is 1. The monoisotopic (exact) mass is 393 g/mol. The summed E-state index contributed by atoms with van der Waals surface area (Å²) in [5, 5.41) is 14.2. The predicted octanol–water partition coefficient (Wildman–Crippen LogP) is 3.69. The van der Waals surface area contributed by atoms with Crippen LogP contribution in [0.25, 0.3) is 22.6 Å². The third-order valence-corrected chi connectivity index (χ3v) is 5.42. The first-order valence-electron chi connectivity index (χ1n) is 9.41. The van der Waals surface area contributed by atoms with Crippen LogP contribution < -0.4 is 10.2 Å². The number of pyridine rings is 1. The molecule has 0 amide bonds. The van der Waals surface area contributed by atoms with Gasteiger partial charge in [-0.3, -0.25) is 9.48 Å². The molecule has 3 heterocycles. The molecule has 2 aromatic heterocycles. The lowest BCUT2D eigenvalue weighted by atomic mass is 9.85. The molecule has 7 heteroatoms. The zero-order valence-electron chi connectivity index (χ0n) is 16.8. The highest BCUT2D eigenvalue weighted by atomic mass is 16.5. The predicted molar refractivity (Wildman–Crippen MR) is 109 cm³/mol. The van der Waals surface area contributed by atoms with Gasteiger partial charge < -0.3 is 14.4 Å². The van der Waals surface area contributed by atoms with E-state index in [2.05, 4.69) is 20.8 Å². The van der Waals surface area contributed by atoms with Crippen LogP contribution >= 0.6 is 0 Å². The molecular formula is C22H23N3O4. The number of carbonyl (C=O) groups is 1. The van der Waals surface area contributed by atoms with E-state index in [1.807, 2.05) is 39.6 Å². The maximum atomic E-state index is 12.4. The third kappa shape index (κ3) is 3.22. The van der Waals surface area contributed by atoms with E-state index < -0.39 is 11.4 Å². The SMILES string of the molecule is COc1ccc(-c2cc3n(n2)C[C@@H](C(C)(C)C)n2cc(C(=O)O)c(=O)cc2-3)cc1. The highest BCUT2D eigenvalue weighted by Gasteiger charge is 2.34. The molecule has 1 atom stereocenters. The van der Waals surface area contributed by atoms with Gasteiger partial charge in [-0.25, -0.2) is 4.79 Å². The van der Waals surface area contributed by atoms with Gasteiger partial charge in [-0.1, -0.05) is 20.8 Å². The van der Waals surface area contributed by atoms with Crippen molar-refractivity contribution in [3.8, 4) is 28.4 Å². The second-order valence-electron chi connectivity index (χ2n) is 8.36. The molecule has 0 radical (unpaired) electrons. The van der Waals surface area contributed by atoms with E-state index in [4.69, 9.17) is 9.84 Å². The van der Waals surface area contributed by atoms with Gasteiger partial charge in [0.1, 0.15) is 11.3 Å². The summed E-state index contributed by atoms with van der Waals surface area (Å²) in [6.45, 7) is 6.88. The van der Waals surface area contributed by atoms with Crippen molar-refractivity contribution in [3.63, 3.8) is 0 Å². The summed E-state index contributed by atoms with van der Waals surface area (Å²) in [5.74, 6) is -0.445. The van der Waals surface area contributed by atoms with Crippen LogP contribution in [-0.4, -0.2) is 32.5 Å². The summed E-state index contributed by atoms with van der Waals surface area (Å²) in [4.78, 5) is 23.9. The highest BCUT2D eigenvalue weighted by Crippen LogP contribution is 2.40. The first-order valence-corrected chi connectivity index (χ1v) is 9.41. The number of fused-ring (bicyclic) bond motifs is 3. The number of ether oxygens (including phenoxy) is 1. The zero-order valence-corrected chi connectivity index (χ0v) is 16.8. The van der Waals surface area contributed by atoms with Gasteiger partial charge in [-0.05, 0) is 35.7 Å². The van der Waals surface area contributed by atoms with Gasteiger partial charge in [-0.2, -0.15) is 5.10 Å². The maximum absolute atomic E-state index is 12.4. The van der Waals surface area contributed by atoms with Gasteiger partial charge in [0.25, 0.3) is 0 Å². The molecule has 1 N–H and O–H groups in total. The number of rotatable bonds is 3. The lowest BCUT2D eigenvalue weighted by molar-refractivity contribution is 0.0693. The quantitative estimate of drug-likeness (QED) is 0.733. The summed E-state index contributed by atoms with van der Waals surface area (Å²) < 4.78 is 9.04. The van der Waals surface area contributed by atoms with Crippen molar-refractivity contribution in [3.05, 3.63) is 58.4 Å². The molecule has 0 saturated heterocycles. The van der Waals surface area contributed by atoms with Crippen LogP contribution in [0.3, 0.4) is 0 Å². The van der Waals surface area contributed by atoms with E-state index in [1.165, 1.54) is 12.3 Å². The minimum atomic E-state index is -1.21. The molecule has 0 saturated carbocycles. The third-order valence-electron chi connectivity index (χ3n) is 5.42. The summed E-state index contributed by atoms with van der Waals surface area (Å²) >= 11 is 0. The zero-order chi connectivity index (χ0) is 20.9. The fourth-order valence-electron chi connectivity index (χ4n) is 3.78. The lowest BCUT2D eigenvalue weighted by Crippen LogP contribution is -2.35. The van der Waals surface area contributed by atoms with Crippen LogP contribution in [0, 0.1) is 5.41 Å². The van der Waals surface area contributed by atoms with Crippen LogP contribution in [-0.2, 0) is 6.54 Å². The van der Waals surface area contributed by atoms with Crippen molar-refractivity contribution < 1.29 is 14.6 Å². The molecule has 0 bridgehead atoms. The molecule has 0 unspecified atom stereocenters. The second-order valence-corrected chi connectivity index (χ2v) is 8.36. The van der Waals surface area contributed by atoms with Crippen LogP contribution in [0.5, 0.6) is 5.75 Å². The number of benzene rings is 1. The fourth-order valence-corrected chi connectivity index (χ4v) is 3.78. The van der Waals surface area contributed by atoms with E-state index in [1.54, 1.807) is 7.11 Å². The summed E-state index contributed by atoms with van der Waals surface area (Å²) in [5.41, 5.74) is 2.32. The minimum absolute atomic E-state index is 0.0488. The molecule has 1 aliphatic rings. The summed E-state index contributed by atoms with van der Waals surface area (Å²) in [6, 6.07) is 10.9. The highest BCUT2D eigenvalue weighted by molar-refractivity contribution is 5.87. The second kappa shape index (κ2) is 6.62. The van der Waals surface area contributed by atoms with Gasteiger partial charge in [0.2, 0.25) is 0 Å². The van der Waals surface area contributed by atoms with Crippen LogP contribution in [0.2, 0.25) is 0 Å². The summed E-state index contributed by atoms with van der Waals surface area (Å²) in [6.07, 6.45) is 1.47. The Balaban J connectivity index is 1.89. The maximum Gasteiger partial charge on any atom is 0.341 e. The largest absolute Gasteiger partial charge is 0.497 e. The van der Waals surface area contributed by atoms with E-state index in [9.17, 15) is 14.7 Å². The van der Waals surface area contributed by atoms with Gasteiger partial charge in [0, 0.05) is 17.8 Å². The fraction of sp³-hybridized carbons (Fsp3) is 0.318. The van der Waals surface area contributed by atoms with Crippen LogP contribution in [0.15, 0.2) is 47.4 Å². The Hall–Kier alpha value is -3.35. The Morgan fingerprint density at radius 2 is 1.86 bits per heavy atom. The first kappa shape index (κ1) is 19.0. The van der Waals surface area contributed by atoms with Crippen molar-refractivity contribution in [1.29, 1.82) is 0 Å². The van der Waals surface area contributed by atoms with E-state index in [-0.39, 0.29) is 17.0 Å². The first-order chi connectivity index (χ1) is 13.7. The Morgan fingerprint density at radius 3 is 2.45 bits per heavy atom. The molecule has 0 fully saturated rings. The van der Waals surface area contributed by atoms with Crippen molar-refractivity contribution in [2.45, 2.75) is 33.4 Å². The average molecular weight is 393 g/mol. The molecule has 1 aromatic carbocycles. The van der Waals surface area contributed by atoms with Gasteiger partial charge >= 0.3 is 5.97 Å². The molecule has 4 rings (SSSR count). The number of aromatic carboxylic acids is 1. The van der Waals surface area contributed by atoms with Crippen LogP contribution in [0.4, 0.5) is 0 Å². The van der Waals surface area contributed by atoms with Crippen molar-refractivity contribution in [1.82, 2.24) is 14.3 Å². The number of nitrogens with zero attached hydrogens (tertiary/aromatic N) is 3. The Morgan fingerprint density at radius 1 is 1.17 bits per heavy atom. The minimum Gasteiger partial charge on any atom is -0.497 e. The molecule has 29 heavy (non-hydrogen) atoms. The number of hydrogen-bond acceptors (Lipinski definition) is 4. The van der Waals surface area contributed by atoms with Crippen LogP contribution in [0.1, 0.15) is 37.2 Å². The van der Waals surface area contributed by atoms with E-state index in [0.717, 1.165) is 22.7 Å². The summed E-state index contributed by atoms with van der Waals surface area (Å²) in [7, 11) is 1.62. The lowest BCUT2D eigenvalue weighted by Gasteiger charge is -2.38. The molecule has 3 aromatic rings. The van der Waals surface area contributed by atoms with E-state index >= 15 is 0 Å². The average Bonchev–Trinajstić information content (AvgIpc) is 3.10. The number of carboxylic acids is 1. The van der Waals surface area contributed by atoms with E-state index in [0.29, 0.717) is 12.2 Å². The standard InChI is InChI=1S/C22H23N3O4/c1-22(2,3)20-12-25-18(17-10-19(26)15(21(27)28)11-24(17)20)9-16(23-25)13-5-7-14(29-4)8-6-13/h5-11,20H,12H2,1-4H3,(H,27,28)/t20-/m0/s1. The van der Waals surface area contributed by atoms with Gasteiger partial charge in [0.15, 0.2) is 5.43 Å². The number of carboxylic acid groups (broad SMARTS) is 1. The number of methoxy groups -OCH3 is 1. The Bertz CT molecular complexity index is 1150. The number of aromatic nitrogens is 3. The molecular weight excluding hydrogens is 370 g/mol. The molecule has 7 nitrogen and oxygen atoms in total. The Labute approximate surface area is 168 Å². The molecule has 150 valence electrons. The Kier molecular flexibility index (Phi) is 4.33. The van der Waals surface area contributed by atoms with Gasteiger partial charge in [0.05, 0.1) is 36.8 Å². The van der Waals surface area contributed by atoms with Gasteiger partial charge in [-0.15, -0.1) is 0 Å². The van der Waals surface area contributed by atoms with Crippen molar-refractivity contribution >= 4 is 5.97 Å². The molecule has 0 spiro atoms. The van der Waals surface area contributed by atoms with Crippen molar-refractivity contribution in [2.24, 2.45) is 5.41 Å². The topological polar surface area (TPSA) is 86.3 Å². The molecule has 0 aliphatic carbocycles. The molecule has 1 aliphatic heterocycles. The smallest absolute Gasteiger partial charge is 0.341 e.